The van der Waals surface area contributed by atoms with Crippen molar-refractivity contribution in [2.75, 3.05) is 25.1 Å². The van der Waals surface area contributed by atoms with E-state index >= 15 is 0 Å². The van der Waals surface area contributed by atoms with Crippen LogP contribution in [-0.4, -0.2) is 40.5 Å². The van der Waals surface area contributed by atoms with Gasteiger partial charge in [-0.25, -0.2) is 13.1 Å². The zero-order chi connectivity index (χ0) is 20.7. The predicted molar refractivity (Wildman–Crippen MR) is 107 cm³/mol. The van der Waals surface area contributed by atoms with Crippen molar-refractivity contribution in [3.63, 3.8) is 0 Å². The molecule has 0 saturated heterocycles. The summed E-state index contributed by atoms with van der Waals surface area (Å²) in [6, 6.07) is 14.0. The highest BCUT2D eigenvalue weighted by atomic mass is 32.2. The molecule has 0 heterocycles. The van der Waals surface area contributed by atoms with Gasteiger partial charge in [-0.05, 0) is 37.6 Å². The molecule has 1 amide bonds. The first-order valence-corrected chi connectivity index (χ1v) is 10.2. The zero-order valence-electron chi connectivity index (χ0n) is 16.1. The lowest BCUT2D eigenvalue weighted by atomic mass is 10.2. The number of amides is 1. The summed E-state index contributed by atoms with van der Waals surface area (Å²) in [5.41, 5.74) is 2.28. The first-order valence-electron chi connectivity index (χ1n) is 8.75. The van der Waals surface area contributed by atoms with Crippen LogP contribution < -0.4 is 9.62 Å². The maximum absolute atomic E-state index is 12.3. The molecular formula is C20H24N2O5S. The van der Waals surface area contributed by atoms with Gasteiger partial charge >= 0.3 is 5.97 Å². The highest BCUT2D eigenvalue weighted by molar-refractivity contribution is 7.89. The maximum Gasteiger partial charge on any atom is 0.307 e. The fourth-order valence-electron chi connectivity index (χ4n) is 2.57. The fourth-order valence-corrected chi connectivity index (χ4v) is 3.83. The Bertz CT molecular complexity index is 942. The molecule has 0 aliphatic carbocycles. The fraction of sp³-hybridized carbons (Fsp3) is 0.300. The summed E-state index contributed by atoms with van der Waals surface area (Å²) in [7, 11) is -2.13. The van der Waals surface area contributed by atoms with Crippen LogP contribution in [-0.2, 0) is 24.3 Å². The molecule has 0 atom stereocenters. The van der Waals surface area contributed by atoms with Gasteiger partial charge in [-0.1, -0.05) is 35.9 Å². The van der Waals surface area contributed by atoms with Gasteiger partial charge < -0.3 is 9.64 Å². The van der Waals surface area contributed by atoms with Gasteiger partial charge in [0.25, 0.3) is 5.91 Å². The Balaban J connectivity index is 1.80. The Kier molecular flexibility index (Phi) is 7.31. The molecule has 150 valence electrons. The highest BCUT2D eigenvalue weighted by Crippen LogP contribution is 2.16. The maximum atomic E-state index is 12.3. The number of sulfonamides is 1. The summed E-state index contributed by atoms with van der Waals surface area (Å²) in [4.78, 5) is 25.4. The van der Waals surface area contributed by atoms with Crippen molar-refractivity contribution in [3.05, 3.63) is 59.7 Å². The van der Waals surface area contributed by atoms with Gasteiger partial charge in [-0.3, -0.25) is 9.59 Å². The molecule has 28 heavy (non-hydrogen) atoms. The van der Waals surface area contributed by atoms with Crippen LogP contribution in [0.5, 0.6) is 0 Å². The molecule has 2 aromatic carbocycles. The molecular weight excluding hydrogens is 380 g/mol. The SMILES string of the molecule is Cc1ccc(S(=O)(=O)NCCC(=O)OCC(=O)N(C)c2ccccc2)c(C)c1. The number of hydrogen-bond acceptors (Lipinski definition) is 5. The number of hydrogen-bond donors (Lipinski definition) is 1. The smallest absolute Gasteiger partial charge is 0.307 e. The van der Waals surface area contributed by atoms with Crippen molar-refractivity contribution >= 4 is 27.6 Å². The van der Waals surface area contributed by atoms with Crippen LogP contribution in [0.4, 0.5) is 5.69 Å². The van der Waals surface area contributed by atoms with E-state index < -0.39 is 22.6 Å². The van der Waals surface area contributed by atoms with Crippen LogP contribution in [0.15, 0.2) is 53.4 Å². The topological polar surface area (TPSA) is 92.8 Å². The van der Waals surface area contributed by atoms with Crippen LogP contribution in [0.1, 0.15) is 17.5 Å². The molecule has 8 heteroatoms. The normalized spacial score (nSPS) is 11.1. The van der Waals surface area contributed by atoms with Crippen molar-refractivity contribution in [2.45, 2.75) is 25.2 Å². The van der Waals surface area contributed by atoms with E-state index in [1.54, 1.807) is 50.4 Å². The van der Waals surface area contributed by atoms with E-state index in [9.17, 15) is 18.0 Å². The number of carbonyl (C=O) groups excluding carboxylic acids is 2. The van der Waals surface area contributed by atoms with E-state index in [4.69, 9.17) is 4.74 Å². The third-order valence-corrected chi connectivity index (χ3v) is 5.74. The van der Waals surface area contributed by atoms with E-state index in [1.807, 2.05) is 13.0 Å². The van der Waals surface area contributed by atoms with Crippen LogP contribution in [0.2, 0.25) is 0 Å². The summed E-state index contributed by atoms with van der Waals surface area (Å²) in [5, 5.41) is 0. The molecule has 7 nitrogen and oxygen atoms in total. The highest BCUT2D eigenvalue weighted by Gasteiger charge is 2.18. The van der Waals surface area contributed by atoms with E-state index in [1.165, 1.54) is 11.0 Å². The minimum atomic E-state index is -3.72. The van der Waals surface area contributed by atoms with Crippen molar-refractivity contribution < 1.29 is 22.7 Å². The molecule has 1 N–H and O–H groups in total. The molecule has 0 spiro atoms. The van der Waals surface area contributed by atoms with Crippen LogP contribution >= 0.6 is 0 Å². The van der Waals surface area contributed by atoms with Crippen molar-refractivity contribution in [1.82, 2.24) is 4.72 Å². The van der Waals surface area contributed by atoms with Gasteiger partial charge in [-0.2, -0.15) is 0 Å². The number of ether oxygens (including phenoxy) is 1. The van der Waals surface area contributed by atoms with E-state index in [-0.39, 0.29) is 23.8 Å². The number of nitrogens with one attached hydrogen (secondary N) is 1. The molecule has 0 fully saturated rings. The number of rotatable bonds is 8. The molecule has 2 rings (SSSR count). The van der Waals surface area contributed by atoms with Gasteiger partial charge in [0.05, 0.1) is 11.3 Å². The number of nitrogens with zero attached hydrogens (tertiary/aromatic N) is 1. The summed E-state index contributed by atoms with van der Waals surface area (Å²) < 4.78 is 32.0. The average molecular weight is 404 g/mol. The quantitative estimate of drug-likeness (QED) is 0.681. The summed E-state index contributed by atoms with van der Waals surface area (Å²) in [5.74, 6) is -1.03. The number of likely N-dealkylation sites (N-methyl/N-ethyl adjacent to an activating group) is 1. The second-order valence-electron chi connectivity index (χ2n) is 6.37. The van der Waals surface area contributed by atoms with Crippen LogP contribution in [0.3, 0.4) is 0 Å². The first-order chi connectivity index (χ1) is 13.2. The van der Waals surface area contributed by atoms with Crippen molar-refractivity contribution in [1.29, 1.82) is 0 Å². The molecule has 0 saturated carbocycles. The Labute approximate surface area is 165 Å². The van der Waals surface area contributed by atoms with Gasteiger partial charge in [0.2, 0.25) is 10.0 Å². The third kappa shape index (κ3) is 5.90. The number of anilines is 1. The molecule has 0 aromatic heterocycles. The van der Waals surface area contributed by atoms with Gasteiger partial charge in [0, 0.05) is 19.3 Å². The molecule has 0 aliphatic rings. The monoisotopic (exact) mass is 404 g/mol. The van der Waals surface area contributed by atoms with Gasteiger partial charge in [0.15, 0.2) is 6.61 Å². The Hall–Kier alpha value is -2.71. The first kappa shape index (κ1) is 21.6. The van der Waals surface area contributed by atoms with Crippen molar-refractivity contribution in [3.8, 4) is 0 Å². The lowest BCUT2D eigenvalue weighted by Gasteiger charge is -2.17. The average Bonchev–Trinajstić information content (AvgIpc) is 2.65. The number of esters is 1. The third-order valence-electron chi connectivity index (χ3n) is 4.12. The van der Waals surface area contributed by atoms with Crippen LogP contribution in [0, 0.1) is 13.8 Å². The molecule has 2 aromatic rings. The predicted octanol–water partition coefficient (Wildman–Crippen LogP) is 2.18. The Morgan fingerprint density at radius 2 is 1.75 bits per heavy atom. The molecule has 0 bridgehead atoms. The minimum absolute atomic E-state index is 0.114. The second kappa shape index (κ2) is 9.48. The van der Waals surface area contributed by atoms with Crippen LogP contribution in [0.25, 0.3) is 0 Å². The largest absolute Gasteiger partial charge is 0.456 e. The lowest BCUT2D eigenvalue weighted by molar-refractivity contribution is -0.147. The number of carbonyl (C=O) groups is 2. The van der Waals surface area contributed by atoms with E-state index in [0.29, 0.717) is 11.3 Å². The van der Waals surface area contributed by atoms with Gasteiger partial charge in [0.1, 0.15) is 0 Å². The second-order valence-corrected chi connectivity index (χ2v) is 8.10. The summed E-state index contributed by atoms with van der Waals surface area (Å²) in [6.07, 6.45) is -0.174. The minimum Gasteiger partial charge on any atom is -0.456 e. The van der Waals surface area contributed by atoms with Crippen molar-refractivity contribution in [2.24, 2.45) is 0 Å². The number of benzene rings is 2. The zero-order valence-corrected chi connectivity index (χ0v) is 17.0. The lowest BCUT2D eigenvalue weighted by Crippen LogP contribution is -2.32. The number of aryl methyl sites for hydroxylation is 2. The molecule has 0 unspecified atom stereocenters. The summed E-state index contributed by atoms with van der Waals surface area (Å²) >= 11 is 0. The standard InChI is InChI=1S/C20H24N2O5S/c1-15-9-10-18(16(2)13-15)28(25,26)21-12-11-20(24)27-14-19(23)22(3)17-7-5-4-6-8-17/h4-10,13,21H,11-12,14H2,1-3H3. The summed E-state index contributed by atoms with van der Waals surface area (Å²) in [6.45, 7) is 3.07. The van der Waals surface area contributed by atoms with E-state index in [0.717, 1.165) is 5.56 Å². The molecule has 0 radical (unpaired) electrons. The number of para-hydroxylation sites is 1. The van der Waals surface area contributed by atoms with Gasteiger partial charge in [-0.15, -0.1) is 0 Å². The Morgan fingerprint density at radius 1 is 1.07 bits per heavy atom. The van der Waals surface area contributed by atoms with E-state index in [2.05, 4.69) is 4.72 Å². The Morgan fingerprint density at radius 3 is 2.39 bits per heavy atom. The molecule has 0 aliphatic heterocycles.